The second-order valence-electron chi connectivity index (χ2n) is 3.27. The van der Waals surface area contributed by atoms with E-state index in [1.54, 1.807) is 6.07 Å². The standard InChI is InChI=1S/C11H10O7.2K/c12-7(9(13)14)8(10(15)16)18-11(17)6-4-2-1-3-5-6;;/h1-5,7-8,12H,(H,13,14)(H,15,16);;/q;2*+1/p-2/t7-,8-;;/m0../s1. The van der Waals surface area contributed by atoms with E-state index < -0.39 is 30.1 Å². The molecule has 0 aliphatic heterocycles. The molecule has 0 aromatic heterocycles. The van der Waals surface area contributed by atoms with Gasteiger partial charge in [0.1, 0.15) is 6.10 Å². The predicted octanol–water partition coefficient (Wildman–Crippen LogP) is -8.92. The van der Waals surface area contributed by atoms with Gasteiger partial charge in [0.15, 0.2) is 6.10 Å². The van der Waals surface area contributed by atoms with E-state index in [4.69, 9.17) is 5.11 Å². The molecule has 2 atom stereocenters. The summed E-state index contributed by atoms with van der Waals surface area (Å²) < 4.78 is 4.35. The number of aliphatic carboxylic acids is 2. The minimum absolute atomic E-state index is 0. The number of aliphatic hydroxyl groups is 1. The number of carbonyl (C=O) groups is 3. The molecule has 7 nitrogen and oxygen atoms in total. The molecule has 0 amide bonds. The summed E-state index contributed by atoms with van der Waals surface area (Å²) >= 11 is 0. The van der Waals surface area contributed by atoms with Crippen LogP contribution in [0.1, 0.15) is 10.4 Å². The number of aliphatic hydroxyl groups excluding tert-OH is 1. The smallest absolute Gasteiger partial charge is 0.547 e. The first-order chi connectivity index (χ1) is 8.43. The van der Waals surface area contributed by atoms with Crippen LogP contribution in [0.3, 0.4) is 0 Å². The van der Waals surface area contributed by atoms with Crippen molar-refractivity contribution in [2.75, 3.05) is 0 Å². The molecule has 0 bridgehead atoms. The molecule has 0 saturated heterocycles. The van der Waals surface area contributed by atoms with E-state index >= 15 is 0 Å². The summed E-state index contributed by atoms with van der Waals surface area (Å²) in [5.41, 5.74) is 0.00861. The van der Waals surface area contributed by atoms with E-state index in [2.05, 4.69) is 4.74 Å². The molecule has 20 heavy (non-hydrogen) atoms. The maximum Gasteiger partial charge on any atom is 1.00 e. The Morgan fingerprint density at radius 2 is 1.50 bits per heavy atom. The van der Waals surface area contributed by atoms with Crippen LogP contribution in [0, 0.1) is 0 Å². The maximum absolute atomic E-state index is 11.4. The molecule has 1 aromatic carbocycles. The molecule has 0 spiro atoms. The summed E-state index contributed by atoms with van der Waals surface area (Å²) in [5.74, 6) is -5.20. The number of hydrogen-bond acceptors (Lipinski definition) is 7. The summed E-state index contributed by atoms with van der Waals surface area (Å²) in [4.78, 5) is 32.3. The van der Waals surface area contributed by atoms with Gasteiger partial charge in [0.05, 0.1) is 17.5 Å². The van der Waals surface area contributed by atoms with Gasteiger partial charge in [-0.3, -0.25) is 0 Å². The van der Waals surface area contributed by atoms with E-state index in [0.717, 1.165) is 0 Å². The van der Waals surface area contributed by atoms with Gasteiger partial charge >= 0.3 is 109 Å². The Kier molecular flexibility index (Phi) is 13.2. The van der Waals surface area contributed by atoms with Crippen molar-refractivity contribution in [3.63, 3.8) is 0 Å². The quantitative estimate of drug-likeness (QED) is 0.419. The summed E-state index contributed by atoms with van der Waals surface area (Å²) in [6, 6.07) is 7.28. The van der Waals surface area contributed by atoms with E-state index in [1.807, 2.05) is 0 Å². The number of rotatable bonds is 5. The molecule has 0 aliphatic rings. The van der Waals surface area contributed by atoms with Crippen LogP contribution in [0.25, 0.3) is 0 Å². The Hall–Kier alpha value is 0.863. The van der Waals surface area contributed by atoms with Crippen LogP contribution in [0.15, 0.2) is 30.3 Å². The van der Waals surface area contributed by atoms with Crippen molar-refractivity contribution in [3.05, 3.63) is 35.9 Å². The molecule has 0 fully saturated rings. The third kappa shape index (κ3) is 7.22. The average Bonchev–Trinajstić information content (AvgIpc) is 2.35. The maximum atomic E-state index is 11.4. The number of carboxylic acid groups (broad SMARTS) is 2. The number of esters is 1. The molecule has 1 N–H and O–H groups in total. The first-order valence-corrected chi connectivity index (χ1v) is 4.79. The summed E-state index contributed by atoms with van der Waals surface area (Å²) in [6.07, 6.45) is -4.83. The van der Waals surface area contributed by atoms with Crippen molar-refractivity contribution in [2.45, 2.75) is 12.2 Å². The third-order valence-corrected chi connectivity index (χ3v) is 2.00. The monoisotopic (exact) mass is 330 g/mol. The van der Waals surface area contributed by atoms with Crippen LogP contribution in [-0.4, -0.2) is 35.2 Å². The van der Waals surface area contributed by atoms with Gasteiger partial charge < -0.3 is 29.6 Å². The van der Waals surface area contributed by atoms with E-state index in [0.29, 0.717) is 0 Å². The van der Waals surface area contributed by atoms with Gasteiger partial charge in [0, 0.05) is 0 Å². The summed E-state index contributed by atoms with van der Waals surface area (Å²) in [7, 11) is 0. The zero-order chi connectivity index (χ0) is 13.7. The fraction of sp³-hybridized carbons (Fsp3) is 0.182. The Morgan fingerprint density at radius 3 is 1.90 bits per heavy atom. The first kappa shape index (κ1) is 23.1. The molecular weight excluding hydrogens is 322 g/mol. The summed E-state index contributed by atoms with van der Waals surface area (Å²) in [6.45, 7) is 0. The van der Waals surface area contributed by atoms with Crippen LogP contribution < -0.4 is 113 Å². The number of carboxylic acids is 2. The normalized spacial score (nSPS) is 12.1. The fourth-order valence-electron chi connectivity index (χ4n) is 1.12. The van der Waals surface area contributed by atoms with Gasteiger partial charge in [-0.15, -0.1) is 0 Å². The van der Waals surface area contributed by atoms with Crippen molar-refractivity contribution < 1.29 is 137 Å². The largest absolute Gasteiger partial charge is 1.00 e. The minimum Gasteiger partial charge on any atom is -0.547 e. The van der Waals surface area contributed by atoms with Crippen molar-refractivity contribution in [1.29, 1.82) is 0 Å². The summed E-state index contributed by atoms with van der Waals surface area (Å²) in [5, 5.41) is 29.9. The zero-order valence-electron chi connectivity index (χ0n) is 10.9. The Balaban J connectivity index is 0. The molecule has 1 rings (SSSR count). The SMILES string of the molecule is O=C(O[C@H](C(=O)[O-])[C@H](O)C(=O)[O-])c1ccccc1.[K+].[K+]. The molecule has 0 saturated carbocycles. The molecule has 0 radical (unpaired) electrons. The van der Waals surface area contributed by atoms with E-state index in [-0.39, 0.29) is 108 Å². The van der Waals surface area contributed by atoms with Gasteiger partial charge in [-0.05, 0) is 12.1 Å². The van der Waals surface area contributed by atoms with Crippen molar-refractivity contribution >= 4 is 17.9 Å². The third-order valence-electron chi connectivity index (χ3n) is 2.00. The van der Waals surface area contributed by atoms with Crippen LogP contribution in [0.2, 0.25) is 0 Å². The molecule has 0 heterocycles. The molecule has 1 aromatic rings. The van der Waals surface area contributed by atoms with Crippen molar-refractivity contribution in [3.8, 4) is 0 Å². The van der Waals surface area contributed by atoms with Gasteiger partial charge in [0.25, 0.3) is 0 Å². The van der Waals surface area contributed by atoms with Gasteiger partial charge in [-0.25, -0.2) is 4.79 Å². The molecule has 96 valence electrons. The molecular formula is C11H8K2O7. The minimum atomic E-state index is -2.50. The van der Waals surface area contributed by atoms with Gasteiger partial charge in [-0.2, -0.15) is 0 Å². The zero-order valence-corrected chi connectivity index (χ0v) is 17.2. The van der Waals surface area contributed by atoms with Crippen LogP contribution in [-0.2, 0) is 14.3 Å². The second-order valence-corrected chi connectivity index (χ2v) is 3.27. The fourth-order valence-corrected chi connectivity index (χ4v) is 1.12. The predicted molar refractivity (Wildman–Crippen MR) is 51.7 cm³/mol. The number of carbonyl (C=O) groups excluding carboxylic acids is 3. The van der Waals surface area contributed by atoms with Gasteiger partial charge in [0.2, 0.25) is 0 Å². The second kappa shape index (κ2) is 11.4. The number of hydrogen-bond donors (Lipinski definition) is 1. The number of benzene rings is 1. The van der Waals surface area contributed by atoms with E-state index in [9.17, 15) is 24.6 Å². The van der Waals surface area contributed by atoms with Crippen LogP contribution >= 0.6 is 0 Å². The van der Waals surface area contributed by atoms with Crippen LogP contribution in [0.5, 0.6) is 0 Å². The molecule has 9 heteroatoms. The van der Waals surface area contributed by atoms with Crippen molar-refractivity contribution in [2.24, 2.45) is 0 Å². The van der Waals surface area contributed by atoms with Crippen molar-refractivity contribution in [1.82, 2.24) is 0 Å². The Labute approximate surface area is 199 Å². The average molecular weight is 330 g/mol. The first-order valence-electron chi connectivity index (χ1n) is 4.79. The molecule has 0 aliphatic carbocycles. The Bertz CT molecular complexity index is 463. The van der Waals surface area contributed by atoms with E-state index in [1.165, 1.54) is 24.3 Å². The van der Waals surface area contributed by atoms with Gasteiger partial charge in [-0.1, -0.05) is 18.2 Å². The molecule has 0 unspecified atom stereocenters. The topological polar surface area (TPSA) is 127 Å². The number of ether oxygens (including phenoxy) is 1. The Morgan fingerprint density at radius 1 is 1.00 bits per heavy atom. The van der Waals surface area contributed by atoms with Crippen LogP contribution in [0.4, 0.5) is 0 Å².